The first-order valence-electron chi connectivity index (χ1n) is 6.33. The second kappa shape index (κ2) is 6.12. The molecule has 0 saturated carbocycles. The molecule has 0 amide bonds. The van der Waals surface area contributed by atoms with E-state index in [9.17, 15) is 5.26 Å². The highest BCUT2D eigenvalue weighted by Crippen LogP contribution is 2.22. The molecule has 0 unspecified atom stereocenters. The number of nitriles is 1. The molecule has 6 heteroatoms. The third-order valence-corrected chi connectivity index (χ3v) is 4.69. The number of rotatable bonds is 4. The molecule has 0 saturated heterocycles. The van der Waals surface area contributed by atoms with Crippen molar-refractivity contribution in [3.8, 4) is 11.8 Å². The zero-order valence-electron chi connectivity index (χ0n) is 11.4. The van der Waals surface area contributed by atoms with Gasteiger partial charge in [-0.15, -0.1) is 28.2 Å². The predicted molar refractivity (Wildman–Crippen MR) is 85.0 cm³/mol. The van der Waals surface area contributed by atoms with Crippen LogP contribution in [0, 0.1) is 11.3 Å². The third kappa shape index (κ3) is 2.84. The Bertz CT molecular complexity index is 784. The Labute approximate surface area is 131 Å². The first-order chi connectivity index (χ1) is 10.3. The molecule has 0 fully saturated rings. The standard InChI is InChI=1S/C15H12N4S2/c1-20-12-5-2-4-11(8-12)19-15(14(10-16)17-18-19)9-13-6-3-7-21-13/h2-8H,9H2,1H3. The second-order valence-corrected chi connectivity index (χ2v) is 6.28. The van der Waals surface area contributed by atoms with Gasteiger partial charge in [0.05, 0.1) is 11.4 Å². The summed E-state index contributed by atoms with van der Waals surface area (Å²) in [5, 5.41) is 19.4. The fraction of sp³-hybridized carbons (Fsp3) is 0.133. The van der Waals surface area contributed by atoms with E-state index in [1.54, 1.807) is 27.8 Å². The zero-order valence-corrected chi connectivity index (χ0v) is 13.0. The molecule has 21 heavy (non-hydrogen) atoms. The van der Waals surface area contributed by atoms with Gasteiger partial charge in [0, 0.05) is 16.2 Å². The lowest BCUT2D eigenvalue weighted by Gasteiger charge is -2.07. The Morgan fingerprint density at radius 1 is 1.33 bits per heavy atom. The summed E-state index contributed by atoms with van der Waals surface area (Å²) in [6.45, 7) is 0. The van der Waals surface area contributed by atoms with E-state index in [4.69, 9.17) is 0 Å². The quantitative estimate of drug-likeness (QED) is 0.692. The molecule has 0 aliphatic carbocycles. The van der Waals surface area contributed by atoms with Gasteiger partial charge in [0.25, 0.3) is 0 Å². The van der Waals surface area contributed by atoms with E-state index < -0.39 is 0 Å². The van der Waals surface area contributed by atoms with Crippen LogP contribution in [-0.2, 0) is 6.42 Å². The van der Waals surface area contributed by atoms with Gasteiger partial charge >= 0.3 is 0 Å². The van der Waals surface area contributed by atoms with Crippen LogP contribution in [0.3, 0.4) is 0 Å². The topological polar surface area (TPSA) is 54.5 Å². The minimum Gasteiger partial charge on any atom is -0.216 e. The largest absolute Gasteiger partial charge is 0.216 e. The van der Waals surface area contributed by atoms with E-state index in [0.717, 1.165) is 16.3 Å². The van der Waals surface area contributed by atoms with Crippen molar-refractivity contribution in [3.05, 3.63) is 58.0 Å². The lowest BCUT2D eigenvalue weighted by atomic mass is 10.2. The Morgan fingerprint density at radius 2 is 2.24 bits per heavy atom. The number of thioether (sulfide) groups is 1. The van der Waals surface area contributed by atoms with Crippen molar-refractivity contribution >= 4 is 23.1 Å². The van der Waals surface area contributed by atoms with E-state index in [-0.39, 0.29) is 0 Å². The van der Waals surface area contributed by atoms with Crippen LogP contribution in [0.25, 0.3) is 5.69 Å². The number of benzene rings is 1. The van der Waals surface area contributed by atoms with Crippen molar-refractivity contribution in [2.75, 3.05) is 6.26 Å². The summed E-state index contributed by atoms with van der Waals surface area (Å²) in [5.74, 6) is 0. The van der Waals surface area contributed by atoms with Crippen LogP contribution in [0.2, 0.25) is 0 Å². The van der Waals surface area contributed by atoms with Gasteiger partial charge in [0.2, 0.25) is 0 Å². The molecule has 0 N–H and O–H groups in total. The summed E-state index contributed by atoms with van der Waals surface area (Å²) in [6.07, 6.45) is 2.70. The lowest BCUT2D eigenvalue weighted by Crippen LogP contribution is -2.03. The first kappa shape index (κ1) is 13.9. The molecule has 3 rings (SSSR count). The normalized spacial score (nSPS) is 10.5. The molecule has 0 aliphatic rings. The monoisotopic (exact) mass is 312 g/mol. The minimum atomic E-state index is 0.387. The fourth-order valence-corrected chi connectivity index (χ4v) is 3.24. The highest BCUT2D eigenvalue weighted by atomic mass is 32.2. The molecule has 2 aromatic heterocycles. The molecule has 0 atom stereocenters. The van der Waals surface area contributed by atoms with Gasteiger partial charge in [-0.1, -0.05) is 17.3 Å². The minimum absolute atomic E-state index is 0.387. The van der Waals surface area contributed by atoms with Crippen molar-refractivity contribution in [1.82, 2.24) is 15.0 Å². The maximum atomic E-state index is 9.24. The van der Waals surface area contributed by atoms with Crippen molar-refractivity contribution in [2.24, 2.45) is 0 Å². The maximum absolute atomic E-state index is 9.24. The number of hydrogen-bond acceptors (Lipinski definition) is 5. The van der Waals surface area contributed by atoms with Crippen LogP contribution in [0.1, 0.15) is 16.3 Å². The molecule has 104 valence electrons. The van der Waals surface area contributed by atoms with Crippen LogP contribution >= 0.6 is 23.1 Å². The van der Waals surface area contributed by atoms with Crippen LogP contribution in [-0.4, -0.2) is 21.2 Å². The molecular formula is C15H12N4S2. The van der Waals surface area contributed by atoms with E-state index >= 15 is 0 Å². The van der Waals surface area contributed by atoms with Gasteiger partial charge in [-0.2, -0.15) is 5.26 Å². The highest BCUT2D eigenvalue weighted by Gasteiger charge is 2.15. The second-order valence-electron chi connectivity index (χ2n) is 4.37. The molecular weight excluding hydrogens is 300 g/mol. The number of hydrogen-bond donors (Lipinski definition) is 0. The van der Waals surface area contributed by atoms with Crippen LogP contribution in [0.4, 0.5) is 0 Å². The molecule has 3 aromatic rings. The van der Waals surface area contributed by atoms with Crippen LogP contribution in [0.5, 0.6) is 0 Å². The third-order valence-electron chi connectivity index (χ3n) is 3.09. The molecule has 4 nitrogen and oxygen atoms in total. The number of nitrogens with zero attached hydrogens (tertiary/aromatic N) is 4. The van der Waals surface area contributed by atoms with Crippen molar-refractivity contribution in [1.29, 1.82) is 5.26 Å². The van der Waals surface area contributed by atoms with Crippen molar-refractivity contribution < 1.29 is 0 Å². The van der Waals surface area contributed by atoms with Gasteiger partial charge in [-0.25, -0.2) is 4.68 Å². The fourth-order valence-electron chi connectivity index (χ4n) is 2.07. The summed E-state index contributed by atoms with van der Waals surface area (Å²) in [4.78, 5) is 2.35. The predicted octanol–water partition coefficient (Wildman–Crippen LogP) is 3.51. The number of thiophene rings is 1. The highest BCUT2D eigenvalue weighted by molar-refractivity contribution is 7.98. The average Bonchev–Trinajstić information content (AvgIpc) is 3.17. The lowest BCUT2D eigenvalue weighted by molar-refractivity contribution is 0.772. The molecule has 0 radical (unpaired) electrons. The Hall–Kier alpha value is -2.10. The molecule has 0 bridgehead atoms. The molecule has 0 spiro atoms. The van der Waals surface area contributed by atoms with E-state index in [1.807, 2.05) is 29.8 Å². The summed E-state index contributed by atoms with van der Waals surface area (Å²) in [6, 6.07) is 14.3. The van der Waals surface area contributed by atoms with Gasteiger partial charge in [-0.3, -0.25) is 0 Å². The SMILES string of the molecule is CSc1cccc(-n2nnc(C#N)c2Cc2cccs2)c1. The summed E-state index contributed by atoms with van der Waals surface area (Å²) >= 11 is 3.35. The zero-order chi connectivity index (χ0) is 14.7. The van der Waals surface area contributed by atoms with E-state index in [0.29, 0.717) is 12.1 Å². The Balaban J connectivity index is 2.06. The molecule has 1 aromatic carbocycles. The smallest absolute Gasteiger partial charge is 0.186 e. The van der Waals surface area contributed by atoms with Gasteiger partial charge in [0.15, 0.2) is 5.69 Å². The van der Waals surface area contributed by atoms with Crippen molar-refractivity contribution in [2.45, 2.75) is 11.3 Å². The van der Waals surface area contributed by atoms with Crippen LogP contribution in [0.15, 0.2) is 46.7 Å². The molecule has 2 heterocycles. The van der Waals surface area contributed by atoms with Gasteiger partial charge < -0.3 is 0 Å². The Morgan fingerprint density at radius 3 is 2.95 bits per heavy atom. The summed E-state index contributed by atoms with van der Waals surface area (Å²) < 4.78 is 1.76. The Kier molecular flexibility index (Phi) is 4.04. The average molecular weight is 312 g/mol. The maximum Gasteiger partial charge on any atom is 0.186 e. The van der Waals surface area contributed by atoms with E-state index in [1.165, 1.54) is 4.88 Å². The first-order valence-corrected chi connectivity index (χ1v) is 8.43. The summed E-state index contributed by atoms with van der Waals surface area (Å²) in [7, 11) is 0. The summed E-state index contributed by atoms with van der Waals surface area (Å²) in [5.41, 5.74) is 2.15. The number of aromatic nitrogens is 3. The van der Waals surface area contributed by atoms with Gasteiger partial charge in [-0.05, 0) is 35.9 Å². The molecule has 0 aliphatic heterocycles. The van der Waals surface area contributed by atoms with Crippen LogP contribution < -0.4 is 0 Å². The van der Waals surface area contributed by atoms with E-state index in [2.05, 4.69) is 34.6 Å². The van der Waals surface area contributed by atoms with Gasteiger partial charge in [0.1, 0.15) is 6.07 Å². The van der Waals surface area contributed by atoms with Crippen molar-refractivity contribution in [3.63, 3.8) is 0 Å².